The Balaban J connectivity index is 1.24. The lowest BCUT2D eigenvalue weighted by molar-refractivity contribution is -0.148. The van der Waals surface area contributed by atoms with Gasteiger partial charge in [0.15, 0.2) is 17.3 Å². The van der Waals surface area contributed by atoms with E-state index >= 15 is 0 Å². The topological polar surface area (TPSA) is 265 Å². The maximum Gasteiger partial charge on any atom is 0.449 e. The molecule has 1 unspecified atom stereocenters. The van der Waals surface area contributed by atoms with Gasteiger partial charge >= 0.3 is 18.2 Å². The first-order valence-electron chi connectivity index (χ1n) is 19.9. The van der Waals surface area contributed by atoms with Gasteiger partial charge in [-0.05, 0) is 38.8 Å². The van der Waals surface area contributed by atoms with Crippen molar-refractivity contribution in [1.29, 1.82) is 0 Å². The van der Waals surface area contributed by atoms with Crippen molar-refractivity contribution in [2.24, 2.45) is 0 Å². The van der Waals surface area contributed by atoms with E-state index in [2.05, 4.69) is 25.9 Å². The number of nitrogens with one attached hydrogen (secondary N) is 2. The highest BCUT2D eigenvalue weighted by Gasteiger charge is 2.42. The SMILES string of the molecule is CC(C)(C)OC(=O)NC(CC(=O)N1CCn2c(C(F)(F)F)nc(C(=O)OCCOCCOCCn3cc(CNC[C@H](O)[C@@H](O)[C@H](O)[C@H](O)CO)nn3)c2C1)Cc1cc(F)c(F)cc1F. The van der Waals surface area contributed by atoms with Gasteiger partial charge in [-0.3, -0.25) is 4.79 Å². The molecule has 64 heavy (non-hydrogen) atoms. The summed E-state index contributed by atoms with van der Waals surface area (Å²) < 4.78 is 108. The highest BCUT2D eigenvalue weighted by Crippen LogP contribution is 2.33. The quantitative estimate of drug-likeness (QED) is 0.0290. The molecule has 7 N–H and O–H groups in total. The Labute approximate surface area is 362 Å². The van der Waals surface area contributed by atoms with Gasteiger partial charge in [0.05, 0.1) is 63.6 Å². The fourth-order valence-electron chi connectivity index (χ4n) is 6.24. The Hall–Kier alpha value is -4.96. The van der Waals surface area contributed by atoms with Crippen LogP contribution in [0.5, 0.6) is 0 Å². The monoisotopic (exact) mass is 926 g/mol. The summed E-state index contributed by atoms with van der Waals surface area (Å²) in [5, 5.41) is 60.9. The number of aliphatic hydroxyl groups is 5. The minimum absolute atomic E-state index is 0.0456. The van der Waals surface area contributed by atoms with E-state index in [0.717, 1.165) is 9.47 Å². The number of carbonyl (C=O) groups excluding carboxylic acids is 3. The smallest absolute Gasteiger partial charge is 0.449 e. The third-order valence-corrected chi connectivity index (χ3v) is 9.37. The van der Waals surface area contributed by atoms with Gasteiger partial charge in [0.2, 0.25) is 11.7 Å². The number of alkyl carbamates (subject to hydrolysis) is 1. The number of aliphatic hydroxyl groups excluding tert-OH is 5. The molecule has 3 heterocycles. The second-order valence-electron chi connectivity index (χ2n) is 15.6. The molecule has 0 aliphatic carbocycles. The van der Waals surface area contributed by atoms with E-state index in [1.165, 1.54) is 4.68 Å². The number of fused-ring (bicyclic) bond motifs is 1. The van der Waals surface area contributed by atoms with Crippen LogP contribution in [0.25, 0.3) is 0 Å². The van der Waals surface area contributed by atoms with Gasteiger partial charge in [0.1, 0.15) is 36.3 Å². The Morgan fingerprint density at radius 1 is 0.891 bits per heavy atom. The number of halogens is 6. The summed E-state index contributed by atoms with van der Waals surface area (Å²) in [5.74, 6) is -7.33. The van der Waals surface area contributed by atoms with Crippen molar-refractivity contribution in [1.82, 2.24) is 40.1 Å². The number of imidazole rings is 1. The third kappa shape index (κ3) is 15.3. The average molecular weight is 927 g/mol. The molecule has 4 rings (SSSR count). The van der Waals surface area contributed by atoms with Gasteiger partial charge < -0.3 is 64.6 Å². The van der Waals surface area contributed by atoms with E-state index in [1.807, 2.05) is 0 Å². The number of hydrogen-bond donors (Lipinski definition) is 7. The molecule has 3 aromatic rings. The molecule has 0 bridgehead atoms. The van der Waals surface area contributed by atoms with Gasteiger partial charge in [-0.15, -0.1) is 5.10 Å². The first-order valence-corrected chi connectivity index (χ1v) is 19.9. The van der Waals surface area contributed by atoms with Crippen molar-refractivity contribution >= 4 is 18.0 Å². The van der Waals surface area contributed by atoms with Crippen LogP contribution in [0.4, 0.5) is 31.1 Å². The van der Waals surface area contributed by atoms with Crippen molar-refractivity contribution in [3.8, 4) is 0 Å². The predicted octanol–water partition coefficient (Wildman–Crippen LogP) is 0.195. The number of hydrogen-bond acceptors (Lipinski definition) is 16. The molecule has 1 aliphatic rings. The molecule has 1 aromatic carbocycles. The van der Waals surface area contributed by atoms with Crippen LogP contribution in [-0.2, 0) is 62.5 Å². The number of carbonyl (C=O) groups is 3. The second-order valence-corrected chi connectivity index (χ2v) is 15.6. The van der Waals surface area contributed by atoms with Crippen LogP contribution in [0, 0.1) is 17.5 Å². The van der Waals surface area contributed by atoms with Crippen LogP contribution in [0.15, 0.2) is 18.3 Å². The van der Waals surface area contributed by atoms with E-state index in [9.17, 15) is 61.2 Å². The van der Waals surface area contributed by atoms with Gasteiger partial charge in [0, 0.05) is 50.9 Å². The molecule has 0 radical (unpaired) electrons. The molecule has 358 valence electrons. The van der Waals surface area contributed by atoms with Crippen LogP contribution in [0.2, 0.25) is 0 Å². The number of rotatable bonds is 23. The van der Waals surface area contributed by atoms with Crippen LogP contribution in [0.3, 0.4) is 0 Å². The Kier molecular flexibility index (Phi) is 18.8. The number of benzene rings is 1. The number of esters is 1. The summed E-state index contributed by atoms with van der Waals surface area (Å²) >= 11 is 0. The van der Waals surface area contributed by atoms with Crippen molar-refractivity contribution < 1.29 is 85.2 Å². The number of alkyl halides is 3. The largest absolute Gasteiger partial charge is 0.458 e. The molecule has 2 amide bonds. The maximum absolute atomic E-state index is 14.6. The van der Waals surface area contributed by atoms with Crippen molar-refractivity contribution in [2.75, 3.05) is 52.7 Å². The number of nitrogens with zero attached hydrogens (tertiary/aromatic N) is 6. The number of aromatic nitrogens is 5. The lowest BCUT2D eigenvalue weighted by Gasteiger charge is -2.31. The molecule has 5 atom stereocenters. The molecule has 0 saturated heterocycles. The summed E-state index contributed by atoms with van der Waals surface area (Å²) in [5.41, 5.74) is -1.86. The summed E-state index contributed by atoms with van der Waals surface area (Å²) in [7, 11) is 0. The molecular weight excluding hydrogens is 874 g/mol. The highest BCUT2D eigenvalue weighted by molar-refractivity contribution is 5.89. The zero-order valence-corrected chi connectivity index (χ0v) is 35.1. The highest BCUT2D eigenvalue weighted by atomic mass is 19.4. The first-order chi connectivity index (χ1) is 30.1. The summed E-state index contributed by atoms with van der Waals surface area (Å²) in [6.45, 7) is 2.67. The Morgan fingerprint density at radius 3 is 2.22 bits per heavy atom. The summed E-state index contributed by atoms with van der Waals surface area (Å²) in [4.78, 5) is 43.8. The van der Waals surface area contributed by atoms with Crippen molar-refractivity contribution in [3.63, 3.8) is 0 Å². The maximum atomic E-state index is 14.6. The zero-order chi connectivity index (χ0) is 47.4. The molecule has 26 heteroatoms. The fraction of sp³-hybridized carbons (Fsp3) is 0.632. The molecule has 1 aliphatic heterocycles. The van der Waals surface area contributed by atoms with E-state index < -0.39 is 122 Å². The van der Waals surface area contributed by atoms with Crippen LogP contribution in [0.1, 0.15) is 60.5 Å². The summed E-state index contributed by atoms with van der Waals surface area (Å²) in [6, 6.07) is -0.364. The fourth-order valence-corrected chi connectivity index (χ4v) is 6.24. The Bertz CT molecular complexity index is 2020. The average Bonchev–Trinajstić information content (AvgIpc) is 3.85. The first kappa shape index (κ1) is 51.7. The summed E-state index contributed by atoms with van der Waals surface area (Å²) in [6.07, 6.45) is -12.0. The van der Waals surface area contributed by atoms with E-state index in [4.69, 9.17) is 24.1 Å². The van der Waals surface area contributed by atoms with E-state index in [0.29, 0.717) is 17.8 Å². The molecule has 0 saturated carbocycles. The van der Waals surface area contributed by atoms with Gasteiger partial charge in [0.25, 0.3) is 0 Å². The van der Waals surface area contributed by atoms with Crippen LogP contribution >= 0.6 is 0 Å². The van der Waals surface area contributed by atoms with Gasteiger partial charge in [-0.1, -0.05) is 5.21 Å². The van der Waals surface area contributed by atoms with Crippen LogP contribution in [-0.4, -0.2) is 162 Å². The predicted molar refractivity (Wildman–Crippen MR) is 205 cm³/mol. The standard InChI is InChI=1S/C38H52F6N8O12/c1-37(2,3)64-36(60)46-22(12-21-13-25(40)26(41)15-24(21)39)14-30(56)50-4-5-52-27(19-50)31(47-35(52)38(42,43)44)34(59)63-11-10-62-9-8-61-7-6-51-18-23(48-49-51)16-45-17-28(54)32(57)33(58)29(55)20-53/h13,15,18,22,28-29,32-33,45,53-55,57-58H,4-12,14,16-17,19-20H2,1-3H3,(H,46,60)/t22?,28-,29+,32+,33+/m0/s1. The lowest BCUT2D eigenvalue weighted by Crippen LogP contribution is -2.48. The zero-order valence-electron chi connectivity index (χ0n) is 35.1. The van der Waals surface area contributed by atoms with Crippen molar-refractivity contribution in [3.05, 3.63) is 64.3 Å². The second kappa shape index (κ2) is 23.3. The molecule has 0 spiro atoms. The number of amides is 2. The lowest BCUT2D eigenvalue weighted by atomic mass is 10.0. The van der Waals surface area contributed by atoms with Gasteiger partial charge in [-0.2, -0.15) is 13.2 Å². The third-order valence-electron chi connectivity index (χ3n) is 9.37. The Morgan fingerprint density at radius 2 is 1.55 bits per heavy atom. The minimum Gasteiger partial charge on any atom is -0.458 e. The molecular formula is C38H52F6N8O12. The molecule has 2 aromatic heterocycles. The normalized spacial score (nSPS) is 15.6. The molecule has 20 nitrogen and oxygen atoms in total. The number of ether oxygens (including phenoxy) is 4. The molecule has 0 fully saturated rings. The van der Waals surface area contributed by atoms with E-state index in [1.54, 1.807) is 27.0 Å². The van der Waals surface area contributed by atoms with Gasteiger partial charge in [-0.25, -0.2) is 32.4 Å². The minimum atomic E-state index is -4.98. The van der Waals surface area contributed by atoms with E-state index in [-0.39, 0.29) is 70.5 Å². The van der Waals surface area contributed by atoms with Crippen molar-refractivity contribution in [2.45, 2.75) is 102 Å². The van der Waals surface area contributed by atoms with Crippen LogP contribution < -0.4 is 10.6 Å².